The number of carbonyl (C=O) groups is 2. The number of likely N-dealkylation sites (tertiary alicyclic amines) is 1. The highest BCUT2D eigenvalue weighted by Gasteiger charge is 2.20. The second-order valence-corrected chi connectivity index (χ2v) is 11.9. The van der Waals surface area contributed by atoms with Crippen molar-refractivity contribution in [2.24, 2.45) is 0 Å². The lowest BCUT2D eigenvalue weighted by Crippen LogP contribution is -2.25. The maximum Gasteiger partial charge on any atom is 0.324 e. The van der Waals surface area contributed by atoms with Gasteiger partial charge in [-0.3, -0.25) is 20.3 Å². The van der Waals surface area contributed by atoms with Crippen LogP contribution in [-0.2, 0) is 5.41 Å². The van der Waals surface area contributed by atoms with Crippen molar-refractivity contribution in [3.63, 3.8) is 0 Å². The number of amides is 3. The Bertz CT molecular complexity index is 1470. The molecule has 0 radical (unpaired) electrons. The molecular weight excluding hydrogens is 540 g/mol. The summed E-state index contributed by atoms with van der Waals surface area (Å²) in [5.41, 5.74) is 1.86. The van der Waals surface area contributed by atoms with Crippen LogP contribution in [0.4, 0.5) is 21.4 Å². The van der Waals surface area contributed by atoms with E-state index in [0.717, 1.165) is 35.8 Å². The molecule has 0 bridgehead atoms. The third kappa shape index (κ3) is 7.71. The molecule has 2 aromatic heterocycles. The van der Waals surface area contributed by atoms with Crippen molar-refractivity contribution in [1.29, 1.82) is 0 Å². The van der Waals surface area contributed by atoms with E-state index in [1.807, 2.05) is 45.0 Å². The number of nitrogens with one attached hydrogen (secondary N) is 3. The van der Waals surface area contributed by atoms with Gasteiger partial charge in [0, 0.05) is 35.5 Å². The number of urea groups is 1. The van der Waals surface area contributed by atoms with Crippen LogP contribution in [-0.4, -0.2) is 53.2 Å². The molecule has 5 rings (SSSR count). The minimum Gasteiger partial charge on any atom is -0.492 e. The summed E-state index contributed by atoms with van der Waals surface area (Å²) in [6, 6.07) is 15.8. The van der Waals surface area contributed by atoms with E-state index in [-0.39, 0.29) is 11.3 Å². The summed E-state index contributed by atoms with van der Waals surface area (Å²) in [6.45, 7) is 9.86. The van der Waals surface area contributed by atoms with E-state index in [1.165, 1.54) is 24.2 Å². The number of anilines is 3. The van der Waals surface area contributed by atoms with Gasteiger partial charge in [-0.2, -0.15) is 0 Å². The molecule has 0 unspecified atom stereocenters. The Kier molecular flexibility index (Phi) is 8.65. The van der Waals surface area contributed by atoms with E-state index >= 15 is 0 Å². The Morgan fingerprint density at radius 2 is 1.73 bits per heavy atom. The van der Waals surface area contributed by atoms with Crippen LogP contribution < -0.4 is 20.7 Å². The fraction of sp³-hybridized carbons (Fsp3) is 0.333. The third-order valence-corrected chi connectivity index (χ3v) is 7.60. The number of aromatic nitrogens is 2. The molecule has 10 nitrogen and oxygen atoms in total. The lowest BCUT2D eigenvalue weighted by molar-refractivity contribution is 0.102. The molecule has 0 saturated carbocycles. The fourth-order valence-corrected chi connectivity index (χ4v) is 5.14. The van der Waals surface area contributed by atoms with Gasteiger partial charge in [0.1, 0.15) is 18.1 Å². The smallest absolute Gasteiger partial charge is 0.324 e. The first-order chi connectivity index (χ1) is 19.7. The van der Waals surface area contributed by atoms with Gasteiger partial charge in [0.2, 0.25) is 0 Å². The molecular formula is C30H34N6O4S. The summed E-state index contributed by atoms with van der Waals surface area (Å²) in [5, 5.41) is 12.7. The lowest BCUT2D eigenvalue weighted by atomic mass is 9.93. The van der Waals surface area contributed by atoms with Crippen molar-refractivity contribution in [3.05, 3.63) is 72.1 Å². The number of carbonyl (C=O) groups excluding carboxylic acids is 2. The van der Waals surface area contributed by atoms with Gasteiger partial charge in [0.25, 0.3) is 5.91 Å². The number of benzene rings is 2. The highest BCUT2D eigenvalue weighted by molar-refractivity contribution is 7.19. The average Bonchev–Trinajstić information content (AvgIpc) is 3.72. The SMILES string of the molecule is CC(C)(C)c1cc(NC(=O)Nc2ccc(-c3cnc(NC(=O)c4ccc(OCCN5CCCC5)cc4)s3)cc2)no1. The van der Waals surface area contributed by atoms with Gasteiger partial charge in [-0.1, -0.05) is 49.4 Å². The highest BCUT2D eigenvalue weighted by Crippen LogP contribution is 2.30. The fourth-order valence-electron chi connectivity index (χ4n) is 4.32. The quantitative estimate of drug-likeness (QED) is 0.210. The first kappa shape index (κ1) is 28.3. The van der Waals surface area contributed by atoms with Crippen molar-refractivity contribution < 1.29 is 18.8 Å². The molecule has 214 valence electrons. The first-order valence-corrected chi connectivity index (χ1v) is 14.4. The van der Waals surface area contributed by atoms with Gasteiger partial charge < -0.3 is 14.6 Å². The molecule has 3 amide bonds. The van der Waals surface area contributed by atoms with E-state index in [2.05, 4.69) is 31.0 Å². The lowest BCUT2D eigenvalue weighted by Gasteiger charge is -2.14. The van der Waals surface area contributed by atoms with Crippen LogP contribution in [0, 0.1) is 0 Å². The third-order valence-electron chi connectivity index (χ3n) is 6.64. The number of nitrogens with zero attached hydrogens (tertiary/aromatic N) is 3. The summed E-state index contributed by atoms with van der Waals surface area (Å²) < 4.78 is 11.1. The summed E-state index contributed by atoms with van der Waals surface area (Å²) in [4.78, 5) is 32.7. The first-order valence-electron chi connectivity index (χ1n) is 13.6. The van der Waals surface area contributed by atoms with Crippen LogP contribution in [0.15, 0.2) is 65.3 Å². The predicted octanol–water partition coefficient (Wildman–Crippen LogP) is 6.47. The van der Waals surface area contributed by atoms with Crippen molar-refractivity contribution in [2.45, 2.75) is 39.0 Å². The van der Waals surface area contributed by atoms with Crippen molar-refractivity contribution >= 4 is 39.9 Å². The Balaban J connectivity index is 1.10. The maximum atomic E-state index is 12.7. The molecule has 0 aliphatic carbocycles. The zero-order valence-corrected chi connectivity index (χ0v) is 24.2. The Morgan fingerprint density at radius 3 is 2.41 bits per heavy atom. The second-order valence-electron chi connectivity index (χ2n) is 10.9. The van der Waals surface area contributed by atoms with Crippen LogP contribution >= 0.6 is 11.3 Å². The van der Waals surface area contributed by atoms with E-state index in [4.69, 9.17) is 9.26 Å². The normalized spacial score (nSPS) is 13.6. The topological polar surface area (TPSA) is 122 Å². The summed E-state index contributed by atoms with van der Waals surface area (Å²) in [6.07, 6.45) is 4.24. The standard InChI is InChI=1S/C30H34N6O4S/c1-30(2,3)25-18-26(35-40-25)33-28(38)32-22-10-6-20(7-11-22)24-19-31-29(41-24)34-27(37)21-8-12-23(13-9-21)39-17-16-36-14-4-5-15-36/h6-13,18-19H,4-5,14-17H2,1-3H3,(H,31,34,37)(H2,32,33,35,38). The number of ether oxygens (including phenoxy) is 1. The molecule has 4 aromatic rings. The minimum absolute atomic E-state index is 0.202. The molecule has 0 atom stereocenters. The van der Waals surface area contributed by atoms with Crippen LogP contribution in [0.25, 0.3) is 10.4 Å². The van der Waals surface area contributed by atoms with Gasteiger partial charge in [-0.05, 0) is 67.9 Å². The highest BCUT2D eigenvalue weighted by atomic mass is 32.1. The second kappa shape index (κ2) is 12.5. The Morgan fingerprint density at radius 1 is 1.00 bits per heavy atom. The molecule has 0 spiro atoms. The van der Waals surface area contributed by atoms with E-state index in [0.29, 0.717) is 34.6 Å². The maximum absolute atomic E-state index is 12.7. The average molecular weight is 575 g/mol. The molecule has 3 N–H and O–H groups in total. The van der Waals surface area contributed by atoms with Crippen LogP contribution in [0.3, 0.4) is 0 Å². The van der Waals surface area contributed by atoms with Crippen LogP contribution in [0.2, 0.25) is 0 Å². The number of hydrogen-bond acceptors (Lipinski definition) is 8. The Labute approximate surface area is 243 Å². The molecule has 11 heteroatoms. The zero-order chi connectivity index (χ0) is 28.8. The number of hydrogen-bond donors (Lipinski definition) is 3. The van der Waals surface area contributed by atoms with Gasteiger partial charge in [0.15, 0.2) is 10.9 Å². The zero-order valence-electron chi connectivity index (χ0n) is 23.4. The largest absolute Gasteiger partial charge is 0.492 e. The van der Waals surface area contributed by atoms with Gasteiger partial charge >= 0.3 is 6.03 Å². The molecule has 41 heavy (non-hydrogen) atoms. The molecule has 2 aromatic carbocycles. The summed E-state index contributed by atoms with van der Waals surface area (Å²) >= 11 is 1.37. The van der Waals surface area contributed by atoms with Crippen molar-refractivity contribution in [3.8, 4) is 16.2 Å². The minimum atomic E-state index is -0.420. The molecule has 1 fully saturated rings. The van der Waals surface area contributed by atoms with E-state index in [9.17, 15) is 9.59 Å². The molecule has 1 saturated heterocycles. The predicted molar refractivity (Wildman–Crippen MR) is 161 cm³/mol. The summed E-state index contributed by atoms with van der Waals surface area (Å²) in [5.74, 6) is 1.55. The number of thiazole rings is 1. The Hall–Kier alpha value is -4.22. The van der Waals surface area contributed by atoms with Gasteiger partial charge in [0.05, 0.1) is 4.88 Å². The summed E-state index contributed by atoms with van der Waals surface area (Å²) in [7, 11) is 0. The van der Waals surface area contributed by atoms with E-state index in [1.54, 1.807) is 36.5 Å². The molecule has 1 aliphatic rings. The molecule has 1 aliphatic heterocycles. The van der Waals surface area contributed by atoms with Crippen molar-refractivity contribution in [1.82, 2.24) is 15.0 Å². The van der Waals surface area contributed by atoms with E-state index < -0.39 is 6.03 Å². The van der Waals surface area contributed by atoms with Gasteiger partial charge in [-0.15, -0.1) is 0 Å². The van der Waals surface area contributed by atoms with Crippen LogP contribution in [0.5, 0.6) is 5.75 Å². The molecule has 3 heterocycles. The monoisotopic (exact) mass is 574 g/mol. The number of rotatable bonds is 9. The van der Waals surface area contributed by atoms with Gasteiger partial charge in [-0.25, -0.2) is 9.78 Å². The van der Waals surface area contributed by atoms with Crippen LogP contribution in [0.1, 0.15) is 49.7 Å². The van der Waals surface area contributed by atoms with Crippen molar-refractivity contribution in [2.75, 3.05) is 42.2 Å².